The minimum Gasteiger partial charge on any atom is -0.327 e. The van der Waals surface area contributed by atoms with E-state index in [0.717, 1.165) is 12.1 Å². The maximum Gasteiger partial charge on any atom is 0.279 e. The number of carbonyl (C=O) groups is 1. The number of sulfonamides is 1. The molecule has 0 bridgehead atoms. The molecule has 134 valence electrons. The summed E-state index contributed by atoms with van der Waals surface area (Å²) in [7, 11) is -2.05. The van der Waals surface area contributed by atoms with Crippen molar-refractivity contribution in [3.05, 3.63) is 76.3 Å². The predicted octanol–water partition coefficient (Wildman–Crippen LogP) is 2.77. The number of hydrogen-bond acceptors (Lipinski definition) is 4. The minimum absolute atomic E-state index is 0.0563. The lowest BCUT2D eigenvalue weighted by atomic mass is 10.2. The second kappa shape index (κ2) is 7.22. The van der Waals surface area contributed by atoms with Crippen molar-refractivity contribution in [2.24, 2.45) is 12.0 Å². The highest BCUT2D eigenvalue weighted by atomic mass is 32.2. The molecule has 0 fully saturated rings. The van der Waals surface area contributed by atoms with Crippen LogP contribution in [0.4, 0.5) is 10.1 Å². The summed E-state index contributed by atoms with van der Waals surface area (Å²) in [5.74, 6) is -0.939. The molecule has 0 unspecified atom stereocenters. The Morgan fingerprint density at radius 3 is 2.35 bits per heavy atom. The lowest BCUT2D eigenvalue weighted by Gasteiger charge is -2.08. The van der Waals surface area contributed by atoms with Gasteiger partial charge >= 0.3 is 0 Å². The monoisotopic (exact) mass is 391 g/mol. The number of amides is 1. The minimum atomic E-state index is -3.84. The molecule has 2 aromatic carbocycles. The Labute approximate surface area is 153 Å². The molecule has 1 amide bonds. The van der Waals surface area contributed by atoms with Crippen LogP contribution in [0.5, 0.6) is 0 Å². The Morgan fingerprint density at radius 2 is 1.77 bits per heavy atom. The molecule has 3 aromatic rings. The van der Waals surface area contributed by atoms with Crippen LogP contribution in [0.1, 0.15) is 10.4 Å². The third-order valence-corrected chi connectivity index (χ3v) is 5.71. The maximum absolute atomic E-state index is 12.9. The van der Waals surface area contributed by atoms with Crippen molar-refractivity contribution in [3.63, 3.8) is 0 Å². The quantitative estimate of drug-likeness (QED) is 0.743. The predicted molar refractivity (Wildman–Crippen MR) is 96.8 cm³/mol. The van der Waals surface area contributed by atoms with Crippen LogP contribution in [0.15, 0.2) is 70.0 Å². The number of thiazole rings is 1. The second-order valence-corrected chi connectivity index (χ2v) is 7.91. The number of carbonyl (C=O) groups excluding carboxylic acids is 1. The Hall–Kier alpha value is -2.78. The van der Waals surface area contributed by atoms with Gasteiger partial charge in [0.15, 0.2) is 4.80 Å². The van der Waals surface area contributed by atoms with Gasteiger partial charge in [0.1, 0.15) is 5.82 Å². The summed E-state index contributed by atoms with van der Waals surface area (Å²) in [5.41, 5.74) is 0.621. The first kappa shape index (κ1) is 18.0. The van der Waals surface area contributed by atoms with Crippen molar-refractivity contribution >= 4 is 33.0 Å². The van der Waals surface area contributed by atoms with E-state index < -0.39 is 21.7 Å². The van der Waals surface area contributed by atoms with Crippen molar-refractivity contribution < 1.29 is 17.6 Å². The topological polar surface area (TPSA) is 80.5 Å². The second-order valence-electron chi connectivity index (χ2n) is 5.35. The number of benzene rings is 2. The van der Waals surface area contributed by atoms with Gasteiger partial charge in [0.2, 0.25) is 0 Å². The van der Waals surface area contributed by atoms with Crippen molar-refractivity contribution in [2.45, 2.75) is 4.90 Å². The first-order valence-corrected chi connectivity index (χ1v) is 9.79. The van der Waals surface area contributed by atoms with Crippen LogP contribution in [-0.2, 0) is 17.1 Å². The zero-order valence-electron chi connectivity index (χ0n) is 13.6. The third kappa shape index (κ3) is 4.06. The highest BCUT2D eigenvalue weighted by Gasteiger charge is 2.14. The van der Waals surface area contributed by atoms with Crippen LogP contribution < -0.4 is 9.52 Å². The van der Waals surface area contributed by atoms with E-state index >= 15 is 0 Å². The van der Waals surface area contributed by atoms with E-state index in [2.05, 4.69) is 9.71 Å². The van der Waals surface area contributed by atoms with Crippen LogP contribution >= 0.6 is 11.3 Å². The molecule has 0 atom stereocenters. The van der Waals surface area contributed by atoms with E-state index in [0.29, 0.717) is 10.4 Å². The molecule has 1 aromatic heterocycles. The number of rotatable bonds is 4. The highest BCUT2D eigenvalue weighted by molar-refractivity contribution is 7.92. The lowest BCUT2D eigenvalue weighted by molar-refractivity contribution is 0.0998. The normalized spacial score (nSPS) is 12.2. The molecular weight excluding hydrogens is 377 g/mol. The number of aromatic nitrogens is 1. The fraction of sp³-hybridized carbons (Fsp3) is 0.0588. The van der Waals surface area contributed by atoms with Crippen molar-refractivity contribution in [3.8, 4) is 0 Å². The van der Waals surface area contributed by atoms with Gasteiger partial charge in [-0.25, -0.2) is 12.8 Å². The molecule has 0 aliphatic heterocycles. The lowest BCUT2D eigenvalue weighted by Crippen LogP contribution is -2.14. The largest absolute Gasteiger partial charge is 0.327 e. The van der Waals surface area contributed by atoms with E-state index in [1.54, 1.807) is 17.8 Å². The van der Waals surface area contributed by atoms with Crippen LogP contribution in [0.2, 0.25) is 0 Å². The molecule has 9 heteroatoms. The molecule has 6 nitrogen and oxygen atoms in total. The van der Waals surface area contributed by atoms with Gasteiger partial charge in [-0.3, -0.25) is 9.52 Å². The maximum atomic E-state index is 12.9. The third-order valence-electron chi connectivity index (χ3n) is 3.46. The van der Waals surface area contributed by atoms with Gasteiger partial charge in [-0.2, -0.15) is 4.99 Å². The Morgan fingerprint density at radius 1 is 1.12 bits per heavy atom. The summed E-state index contributed by atoms with van der Waals surface area (Å²) >= 11 is 1.34. The van der Waals surface area contributed by atoms with Gasteiger partial charge in [0.25, 0.3) is 15.9 Å². The Balaban J connectivity index is 1.78. The van der Waals surface area contributed by atoms with Gasteiger partial charge in [0, 0.05) is 29.9 Å². The van der Waals surface area contributed by atoms with Crippen molar-refractivity contribution in [1.82, 2.24) is 4.57 Å². The van der Waals surface area contributed by atoms with Crippen LogP contribution in [0, 0.1) is 5.82 Å². The molecule has 0 aliphatic carbocycles. The number of hydrogen-bond donors (Lipinski definition) is 1. The smallest absolute Gasteiger partial charge is 0.279 e. The average molecular weight is 391 g/mol. The van der Waals surface area contributed by atoms with E-state index in [9.17, 15) is 17.6 Å². The summed E-state index contributed by atoms with van der Waals surface area (Å²) < 4.78 is 41.6. The van der Waals surface area contributed by atoms with Crippen molar-refractivity contribution in [2.75, 3.05) is 4.72 Å². The molecular formula is C17H14FN3O3S2. The Bertz CT molecular complexity index is 1100. The van der Waals surface area contributed by atoms with Gasteiger partial charge in [-0.1, -0.05) is 0 Å². The average Bonchev–Trinajstić information content (AvgIpc) is 3.00. The molecule has 3 rings (SSSR count). The van der Waals surface area contributed by atoms with Gasteiger partial charge < -0.3 is 4.57 Å². The first-order chi connectivity index (χ1) is 12.3. The van der Waals surface area contributed by atoms with E-state index in [4.69, 9.17) is 0 Å². The number of anilines is 1. The van der Waals surface area contributed by atoms with E-state index in [-0.39, 0.29) is 10.6 Å². The number of nitrogens with one attached hydrogen (secondary N) is 1. The standard InChI is InChI=1S/C17H14FN3O3S2/c1-21-10-11-25-17(21)19-16(22)12-2-6-14(7-3-12)20-26(23,24)15-8-4-13(18)5-9-15/h2-11,20H,1H3. The number of aryl methyl sites for hydroxylation is 1. The van der Waals surface area contributed by atoms with E-state index in [1.807, 2.05) is 5.38 Å². The summed E-state index contributed by atoms with van der Waals surface area (Å²) in [6, 6.07) is 10.4. The molecule has 0 aliphatic rings. The van der Waals surface area contributed by atoms with Gasteiger partial charge in [-0.05, 0) is 48.5 Å². The highest BCUT2D eigenvalue weighted by Crippen LogP contribution is 2.17. The first-order valence-electron chi connectivity index (χ1n) is 7.43. The van der Waals surface area contributed by atoms with E-state index in [1.165, 1.54) is 47.7 Å². The molecule has 1 N–H and O–H groups in total. The Kier molecular flexibility index (Phi) is 5.01. The molecule has 0 saturated carbocycles. The molecule has 0 spiro atoms. The van der Waals surface area contributed by atoms with Gasteiger partial charge in [-0.15, -0.1) is 11.3 Å². The summed E-state index contributed by atoms with van der Waals surface area (Å²) in [5, 5.41) is 1.82. The molecule has 1 heterocycles. The number of halogens is 1. The zero-order chi connectivity index (χ0) is 18.7. The fourth-order valence-corrected chi connectivity index (χ4v) is 3.88. The fourth-order valence-electron chi connectivity index (χ4n) is 2.09. The molecule has 0 saturated heterocycles. The summed E-state index contributed by atoms with van der Waals surface area (Å²) in [6.07, 6.45) is 1.80. The SMILES string of the molecule is Cn1ccsc1=NC(=O)c1ccc(NS(=O)(=O)c2ccc(F)cc2)cc1. The van der Waals surface area contributed by atoms with Crippen LogP contribution in [0.25, 0.3) is 0 Å². The van der Waals surface area contributed by atoms with Crippen LogP contribution in [-0.4, -0.2) is 18.9 Å². The molecule has 0 radical (unpaired) electrons. The van der Waals surface area contributed by atoms with Crippen LogP contribution in [0.3, 0.4) is 0 Å². The number of nitrogens with zero attached hydrogens (tertiary/aromatic N) is 2. The summed E-state index contributed by atoms with van der Waals surface area (Å²) in [4.78, 5) is 16.7. The van der Waals surface area contributed by atoms with Gasteiger partial charge in [0.05, 0.1) is 4.90 Å². The molecule has 26 heavy (non-hydrogen) atoms. The van der Waals surface area contributed by atoms with Crippen molar-refractivity contribution in [1.29, 1.82) is 0 Å². The summed E-state index contributed by atoms with van der Waals surface area (Å²) in [6.45, 7) is 0. The zero-order valence-corrected chi connectivity index (χ0v) is 15.2.